The van der Waals surface area contributed by atoms with Crippen molar-refractivity contribution in [2.75, 3.05) is 6.61 Å². The molecule has 2 aliphatic carbocycles. The van der Waals surface area contributed by atoms with Crippen molar-refractivity contribution in [3.8, 4) is 0 Å². The van der Waals surface area contributed by atoms with Gasteiger partial charge in [-0.05, 0) is 67.2 Å². The molecular formula is C24H46N2O5. The lowest BCUT2D eigenvalue weighted by Gasteiger charge is -2.30. The molecule has 0 saturated heterocycles. The van der Waals surface area contributed by atoms with Gasteiger partial charge in [0.25, 0.3) is 0 Å². The number of amides is 1. The highest BCUT2D eigenvalue weighted by Crippen LogP contribution is 2.22. The van der Waals surface area contributed by atoms with E-state index >= 15 is 0 Å². The van der Waals surface area contributed by atoms with Crippen LogP contribution in [0.15, 0.2) is 0 Å². The number of nitrogens with one attached hydrogen (secondary N) is 2. The van der Waals surface area contributed by atoms with E-state index in [-0.39, 0.29) is 6.61 Å². The average Bonchev–Trinajstić information content (AvgIpc) is 2.65. The predicted octanol–water partition coefficient (Wildman–Crippen LogP) is 5.02. The van der Waals surface area contributed by atoms with Crippen LogP contribution in [0.1, 0.15) is 106 Å². The summed E-state index contributed by atoms with van der Waals surface area (Å²) in [6, 6.07) is 0.618. The van der Waals surface area contributed by atoms with Crippen LogP contribution in [0.3, 0.4) is 0 Å². The average molecular weight is 443 g/mol. The van der Waals surface area contributed by atoms with Crippen molar-refractivity contribution in [2.45, 2.75) is 135 Å². The number of carboxylic acid groups (broad SMARTS) is 1. The first-order chi connectivity index (χ1) is 14.4. The summed E-state index contributed by atoms with van der Waals surface area (Å²) in [7, 11) is 0. The van der Waals surface area contributed by atoms with E-state index in [9.17, 15) is 9.59 Å². The second kappa shape index (κ2) is 13.3. The molecule has 182 valence electrons. The Labute approximate surface area is 189 Å². The fraction of sp³-hybridized carbons (Fsp3) is 0.917. The second-order valence-corrected chi connectivity index (χ2v) is 10.8. The molecule has 0 aromatic rings. The minimum absolute atomic E-state index is 0.113. The third-order valence-corrected chi connectivity index (χ3v) is 5.35. The summed E-state index contributed by atoms with van der Waals surface area (Å²) in [6.07, 6.45) is 13.8. The Bertz CT molecular complexity index is 511. The highest BCUT2D eigenvalue weighted by atomic mass is 16.6. The molecule has 0 spiro atoms. The molecule has 0 bridgehead atoms. The van der Waals surface area contributed by atoms with E-state index in [1.54, 1.807) is 41.5 Å². The van der Waals surface area contributed by atoms with Crippen molar-refractivity contribution in [2.24, 2.45) is 0 Å². The molecule has 0 heterocycles. The summed E-state index contributed by atoms with van der Waals surface area (Å²) in [5, 5.41) is 15.1. The highest BCUT2D eigenvalue weighted by molar-refractivity contribution is 5.80. The van der Waals surface area contributed by atoms with E-state index < -0.39 is 29.3 Å². The van der Waals surface area contributed by atoms with Crippen LogP contribution in [-0.4, -0.2) is 53.1 Å². The normalized spacial score (nSPS) is 19.7. The molecule has 7 nitrogen and oxygen atoms in total. The first-order valence-corrected chi connectivity index (χ1v) is 12.0. The number of rotatable bonds is 6. The molecule has 0 aliphatic heterocycles. The third-order valence-electron chi connectivity index (χ3n) is 5.35. The number of alkyl carbamates (subject to hydrolysis) is 1. The Balaban J connectivity index is 0.000000323. The van der Waals surface area contributed by atoms with Crippen LogP contribution in [0.5, 0.6) is 0 Å². The summed E-state index contributed by atoms with van der Waals surface area (Å²) in [4.78, 5) is 22.4. The van der Waals surface area contributed by atoms with Gasteiger partial charge in [0, 0.05) is 12.1 Å². The quantitative estimate of drug-likeness (QED) is 0.534. The summed E-state index contributed by atoms with van der Waals surface area (Å²) in [5.41, 5.74) is -1.14. The van der Waals surface area contributed by atoms with Gasteiger partial charge in [0.05, 0.1) is 12.2 Å². The zero-order chi connectivity index (χ0) is 23.5. The van der Waals surface area contributed by atoms with Gasteiger partial charge in [-0.15, -0.1) is 0 Å². The van der Waals surface area contributed by atoms with E-state index in [0.29, 0.717) is 0 Å². The summed E-state index contributed by atoms with van der Waals surface area (Å²) in [5.74, 6) is -1.16. The lowest BCUT2D eigenvalue weighted by atomic mass is 9.91. The third kappa shape index (κ3) is 14.4. The lowest BCUT2D eigenvalue weighted by Crippen LogP contribution is -2.47. The molecule has 1 unspecified atom stereocenters. The van der Waals surface area contributed by atoms with Crippen LogP contribution in [0.25, 0.3) is 0 Å². The molecule has 0 radical (unpaired) electrons. The summed E-state index contributed by atoms with van der Waals surface area (Å²) >= 11 is 0. The van der Waals surface area contributed by atoms with Gasteiger partial charge in [-0.2, -0.15) is 0 Å². The van der Waals surface area contributed by atoms with Crippen LogP contribution in [0.4, 0.5) is 4.79 Å². The zero-order valence-electron chi connectivity index (χ0n) is 20.6. The van der Waals surface area contributed by atoms with E-state index in [4.69, 9.17) is 14.6 Å². The monoisotopic (exact) mass is 442 g/mol. The molecule has 1 atom stereocenters. The van der Waals surface area contributed by atoms with Crippen molar-refractivity contribution in [3.63, 3.8) is 0 Å². The molecule has 0 aromatic carbocycles. The Kier molecular flexibility index (Phi) is 11.8. The number of hydrogen-bond acceptors (Lipinski definition) is 5. The maximum absolute atomic E-state index is 11.4. The molecule has 31 heavy (non-hydrogen) atoms. The van der Waals surface area contributed by atoms with Crippen LogP contribution < -0.4 is 10.6 Å². The lowest BCUT2D eigenvalue weighted by molar-refractivity contribution is -0.142. The van der Waals surface area contributed by atoms with Crippen LogP contribution in [0.2, 0.25) is 0 Å². The number of hydrogen-bond donors (Lipinski definition) is 3. The summed E-state index contributed by atoms with van der Waals surface area (Å²) < 4.78 is 10.3. The molecule has 2 rings (SSSR count). The Morgan fingerprint density at radius 3 is 1.65 bits per heavy atom. The van der Waals surface area contributed by atoms with Crippen LogP contribution in [-0.2, 0) is 14.3 Å². The standard InChI is InChI=1S/C12H23NO5.C12H23N/c1-11(2,3)17-7-8(9(14)15)13-10(16)18-12(4,5)6;1-3-7-11(8-4-1)13-12-9-5-2-6-10-12/h8H,7H2,1-6H3,(H,13,16)(H,14,15);11-13H,1-10H2. The van der Waals surface area contributed by atoms with Crippen LogP contribution in [0, 0.1) is 0 Å². The number of aliphatic carboxylic acids is 1. The largest absolute Gasteiger partial charge is 0.480 e. The predicted molar refractivity (Wildman–Crippen MR) is 123 cm³/mol. The number of carbonyl (C=O) groups is 2. The fourth-order valence-electron chi connectivity index (χ4n) is 3.83. The minimum atomic E-state index is -1.16. The van der Waals surface area contributed by atoms with Gasteiger partial charge in [-0.3, -0.25) is 0 Å². The molecule has 3 N–H and O–H groups in total. The van der Waals surface area contributed by atoms with Crippen molar-refractivity contribution >= 4 is 12.1 Å². The van der Waals surface area contributed by atoms with Gasteiger partial charge in [0.15, 0.2) is 6.04 Å². The van der Waals surface area contributed by atoms with E-state index in [2.05, 4.69) is 10.6 Å². The Morgan fingerprint density at radius 2 is 1.29 bits per heavy atom. The van der Waals surface area contributed by atoms with Gasteiger partial charge in [-0.25, -0.2) is 9.59 Å². The molecular weight excluding hydrogens is 396 g/mol. The molecule has 1 amide bonds. The Hall–Kier alpha value is -1.34. The topological polar surface area (TPSA) is 96.9 Å². The van der Waals surface area contributed by atoms with E-state index in [1.807, 2.05) is 0 Å². The number of carboxylic acids is 1. The van der Waals surface area contributed by atoms with Crippen molar-refractivity contribution < 1.29 is 24.2 Å². The minimum Gasteiger partial charge on any atom is -0.480 e. The molecule has 2 saturated carbocycles. The first-order valence-electron chi connectivity index (χ1n) is 12.0. The van der Waals surface area contributed by atoms with Crippen molar-refractivity contribution in [1.29, 1.82) is 0 Å². The van der Waals surface area contributed by atoms with Crippen LogP contribution >= 0.6 is 0 Å². The van der Waals surface area contributed by atoms with Gasteiger partial charge in [0.2, 0.25) is 0 Å². The van der Waals surface area contributed by atoms with E-state index in [0.717, 1.165) is 12.1 Å². The van der Waals surface area contributed by atoms with Crippen molar-refractivity contribution in [3.05, 3.63) is 0 Å². The maximum Gasteiger partial charge on any atom is 0.408 e. The molecule has 7 heteroatoms. The fourth-order valence-corrected chi connectivity index (χ4v) is 3.83. The second-order valence-electron chi connectivity index (χ2n) is 10.8. The highest BCUT2D eigenvalue weighted by Gasteiger charge is 2.26. The van der Waals surface area contributed by atoms with Gasteiger partial charge < -0.3 is 25.2 Å². The van der Waals surface area contributed by atoms with Gasteiger partial charge >= 0.3 is 12.1 Å². The molecule has 2 aliphatic rings. The van der Waals surface area contributed by atoms with Gasteiger partial charge in [0.1, 0.15) is 5.60 Å². The van der Waals surface area contributed by atoms with Gasteiger partial charge in [-0.1, -0.05) is 38.5 Å². The smallest absolute Gasteiger partial charge is 0.408 e. The van der Waals surface area contributed by atoms with Crippen molar-refractivity contribution in [1.82, 2.24) is 10.6 Å². The zero-order valence-corrected chi connectivity index (χ0v) is 20.6. The summed E-state index contributed by atoms with van der Waals surface area (Å²) in [6.45, 7) is 10.4. The maximum atomic E-state index is 11.4. The SMILES string of the molecule is C1CCC(NC2CCCCC2)CC1.CC(C)(C)OCC(NC(=O)OC(C)(C)C)C(=O)O. The first kappa shape index (κ1) is 27.7. The molecule has 2 fully saturated rings. The van der Waals surface area contributed by atoms with E-state index in [1.165, 1.54) is 64.2 Å². The Morgan fingerprint density at radius 1 is 0.839 bits per heavy atom. The molecule has 0 aromatic heterocycles. The number of ether oxygens (including phenoxy) is 2. The number of carbonyl (C=O) groups excluding carboxylic acids is 1.